The molecule has 0 saturated heterocycles. The number of hydrogen-bond donors (Lipinski definition) is 1. The lowest BCUT2D eigenvalue weighted by Gasteiger charge is -2.13. The summed E-state index contributed by atoms with van der Waals surface area (Å²) in [6.45, 7) is 1.99. The minimum Gasteiger partial charge on any atom is -0.459 e. The van der Waals surface area contributed by atoms with Gasteiger partial charge in [-0.25, -0.2) is 0 Å². The lowest BCUT2D eigenvalue weighted by atomic mass is 10.1. The fourth-order valence-corrected chi connectivity index (χ4v) is 2.27. The van der Waals surface area contributed by atoms with Crippen molar-refractivity contribution in [1.29, 1.82) is 0 Å². The van der Waals surface area contributed by atoms with Crippen LogP contribution in [0.5, 0.6) is 0 Å². The number of para-hydroxylation sites is 1. The predicted molar refractivity (Wildman–Crippen MR) is 76.1 cm³/mol. The van der Waals surface area contributed by atoms with Crippen LogP contribution in [0.15, 0.2) is 53.1 Å². The maximum absolute atomic E-state index is 5.92. The summed E-state index contributed by atoms with van der Waals surface area (Å²) in [6.07, 6.45) is 1.89. The Bertz CT molecular complexity index is 652. The minimum absolute atomic E-state index is 0.0282. The van der Waals surface area contributed by atoms with Gasteiger partial charge in [0.15, 0.2) is 0 Å². The largest absolute Gasteiger partial charge is 0.459 e. The summed E-state index contributed by atoms with van der Waals surface area (Å²) >= 11 is 0. The molecule has 0 aliphatic rings. The highest BCUT2D eigenvalue weighted by Gasteiger charge is 2.16. The van der Waals surface area contributed by atoms with Crippen molar-refractivity contribution in [3.63, 3.8) is 0 Å². The van der Waals surface area contributed by atoms with Crippen LogP contribution in [0.2, 0.25) is 0 Å². The van der Waals surface area contributed by atoms with Crippen LogP contribution in [0.1, 0.15) is 23.1 Å². The van der Waals surface area contributed by atoms with E-state index < -0.39 is 0 Å². The van der Waals surface area contributed by atoms with Gasteiger partial charge in [-0.15, -0.1) is 0 Å². The molecule has 0 aliphatic heterocycles. The summed E-state index contributed by atoms with van der Waals surface area (Å²) in [5, 5.41) is 4.40. The van der Waals surface area contributed by atoms with Crippen molar-refractivity contribution in [1.82, 2.24) is 10.3 Å². The Morgan fingerprint density at radius 3 is 2.68 bits per heavy atom. The highest BCUT2D eigenvalue weighted by molar-refractivity contribution is 5.77. The Balaban J connectivity index is 2.04. The first-order valence-corrected chi connectivity index (χ1v) is 6.36. The monoisotopic (exact) mass is 252 g/mol. The third kappa shape index (κ3) is 2.25. The number of hydrogen-bond acceptors (Lipinski definition) is 3. The molecule has 0 amide bonds. The smallest absolute Gasteiger partial charge is 0.134 e. The molecule has 3 heteroatoms. The standard InChI is InChI=1S/C16H16N2O/c1-11-7-8-13(10-18-11)16(17-2)15-9-12-5-3-4-6-14(12)19-15/h3-10,16-17H,1-2H3. The van der Waals surface area contributed by atoms with Crippen LogP contribution < -0.4 is 5.32 Å². The number of nitrogens with one attached hydrogen (secondary N) is 1. The minimum atomic E-state index is 0.0282. The van der Waals surface area contributed by atoms with E-state index in [0.717, 1.165) is 28.0 Å². The molecule has 2 heterocycles. The number of fused-ring (bicyclic) bond motifs is 1. The summed E-state index contributed by atoms with van der Waals surface area (Å²) in [7, 11) is 1.93. The number of furan rings is 1. The van der Waals surface area contributed by atoms with Gasteiger partial charge in [0.1, 0.15) is 11.3 Å². The van der Waals surface area contributed by atoms with Crippen LogP contribution in [0.3, 0.4) is 0 Å². The Labute approximate surface area is 112 Å². The lowest BCUT2D eigenvalue weighted by Crippen LogP contribution is -2.17. The molecular formula is C16H16N2O. The van der Waals surface area contributed by atoms with Gasteiger partial charge >= 0.3 is 0 Å². The summed E-state index contributed by atoms with van der Waals surface area (Å²) in [5.41, 5.74) is 3.04. The van der Waals surface area contributed by atoms with E-state index in [0.29, 0.717) is 0 Å². The third-order valence-electron chi connectivity index (χ3n) is 3.29. The first-order valence-electron chi connectivity index (χ1n) is 6.36. The van der Waals surface area contributed by atoms with Crippen molar-refractivity contribution in [2.75, 3.05) is 7.05 Å². The molecule has 19 heavy (non-hydrogen) atoms. The number of benzene rings is 1. The second kappa shape index (κ2) is 4.86. The maximum atomic E-state index is 5.92. The molecule has 96 valence electrons. The van der Waals surface area contributed by atoms with Gasteiger partial charge < -0.3 is 9.73 Å². The molecule has 0 radical (unpaired) electrons. The summed E-state index contributed by atoms with van der Waals surface area (Å²) in [4.78, 5) is 4.35. The Morgan fingerprint density at radius 2 is 2.00 bits per heavy atom. The molecular weight excluding hydrogens is 236 g/mol. The summed E-state index contributed by atoms with van der Waals surface area (Å²) in [5.74, 6) is 0.911. The number of nitrogens with zero attached hydrogens (tertiary/aromatic N) is 1. The van der Waals surface area contributed by atoms with Gasteiger partial charge in [0.25, 0.3) is 0 Å². The fourth-order valence-electron chi connectivity index (χ4n) is 2.27. The van der Waals surface area contributed by atoms with E-state index in [4.69, 9.17) is 4.42 Å². The quantitative estimate of drug-likeness (QED) is 0.776. The molecule has 3 rings (SSSR count). The second-order valence-electron chi connectivity index (χ2n) is 4.64. The van der Waals surface area contributed by atoms with Crippen molar-refractivity contribution in [3.8, 4) is 0 Å². The van der Waals surface area contributed by atoms with Crippen molar-refractivity contribution >= 4 is 11.0 Å². The van der Waals surface area contributed by atoms with Crippen molar-refractivity contribution in [2.24, 2.45) is 0 Å². The lowest BCUT2D eigenvalue weighted by molar-refractivity contribution is 0.491. The molecule has 1 atom stereocenters. The molecule has 0 bridgehead atoms. The van der Waals surface area contributed by atoms with Crippen LogP contribution in [-0.2, 0) is 0 Å². The van der Waals surface area contributed by atoms with E-state index in [1.165, 1.54) is 0 Å². The van der Waals surface area contributed by atoms with E-state index in [9.17, 15) is 0 Å². The molecule has 2 aromatic heterocycles. The van der Waals surface area contributed by atoms with Gasteiger partial charge in [-0.3, -0.25) is 4.98 Å². The number of aromatic nitrogens is 1. The molecule has 0 aliphatic carbocycles. The SMILES string of the molecule is CNC(c1ccc(C)nc1)c1cc2ccccc2o1. The summed E-state index contributed by atoms with van der Waals surface area (Å²) in [6, 6.07) is 14.2. The van der Waals surface area contributed by atoms with Gasteiger partial charge in [0, 0.05) is 17.3 Å². The summed E-state index contributed by atoms with van der Waals surface area (Å²) < 4.78 is 5.92. The Hall–Kier alpha value is -2.13. The zero-order chi connectivity index (χ0) is 13.2. The second-order valence-corrected chi connectivity index (χ2v) is 4.64. The molecule has 0 fully saturated rings. The molecule has 0 saturated carbocycles. The van der Waals surface area contributed by atoms with E-state index >= 15 is 0 Å². The fraction of sp³-hybridized carbons (Fsp3) is 0.188. The molecule has 0 spiro atoms. The normalized spacial score (nSPS) is 12.7. The van der Waals surface area contributed by atoms with Gasteiger partial charge in [-0.1, -0.05) is 24.3 Å². The highest BCUT2D eigenvalue weighted by atomic mass is 16.3. The zero-order valence-electron chi connectivity index (χ0n) is 11.1. The van der Waals surface area contributed by atoms with E-state index in [1.54, 1.807) is 0 Å². The topological polar surface area (TPSA) is 38.1 Å². The van der Waals surface area contributed by atoms with Crippen molar-refractivity contribution in [3.05, 3.63) is 65.7 Å². The highest BCUT2D eigenvalue weighted by Crippen LogP contribution is 2.27. The van der Waals surface area contributed by atoms with Gasteiger partial charge in [0.05, 0.1) is 6.04 Å². The van der Waals surface area contributed by atoms with Crippen molar-refractivity contribution < 1.29 is 4.42 Å². The third-order valence-corrected chi connectivity index (χ3v) is 3.29. The van der Waals surface area contributed by atoms with Gasteiger partial charge in [-0.2, -0.15) is 0 Å². The van der Waals surface area contributed by atoms with Crippen molar-refractivity contribution in [2.45, 2.75) is 13.0 Å². The first-order chi connectivity index (χ1) is 9.28. The average molecular weight is 252 g/mol. The van der Waals surface area contributed by atoms with Crippen LogP contribution in [0, 0.1) is 6.92 Å². The molecule has 1 aromatic carbocycles. The number of aryl methyl sites for hydroxylation is 1. The van der Waals surface area contributed by atoms with E-state index in [1.807, 2.05) is 44.4 Å². The Morgan fingerprint density at radius 1 is 1.16 bits per heavy atom. The van der Waals surface area contributed by atoms with Gasteiger partial charge in [-0.05, 0) is 37.7 Å². The Kier molecular flexibility index (Phi) is 3.05. The van der Waals surface area contributed by atoms with Crippen LogP contribution in [0.25, 0.3) is 11.0 Å². The van der Waals surface area contributed by atoms with Gasteiger partial charge in [0.2, 0.25) is 0 Å². The molecule has 3 nitrogen and oxygen atoms in total. The molecule has 1 N–H and O–H groups in total. The van der Waals surface area contributed by atoms with Crippen LogP contribution >= 0.6 is 0 Å². The maximum Gasteiger partial charge on any atom is 0.134 e. The van der Waals surface area contributed by atoms with E-state index in [2.05, 4.69) is 28.5 Å². The first kappa shape index (κ1) is 11.9. The van der Waals surface area contributed by atoms with Crippen LogP contribution in [-0.4, -0.2) is 12.0 Å². The predicted octanol–water partition coefficient (Wildman–Crippen LogP) is 3.45. The average Bonchev–Trinajstić information content (AvgIpc) is 2.85. The number of pyridine rings is 1. The van der Waals surface area contributed by atoms with Crippen LogP contribution in [0.4, 0.5) is 0 Å². The molecule has 3 aromatic rings. The van der Waals surface area contributed by atoms with E-state index in [-0.39, 0.29) is 6.04 Å². The zero-order valence-corrected chi connectivity index (χ0v) is 11.1. The number of rotatable bonds is 3. The molecule has 1 unspecified atom stereocenters.